The van der Waals surface area contributed by atoms with Crippen molar-refractivity contribution in [1.29, 1.82) is 0 Å². The summed E-state index contributed by atoms with van der Waals surface area (Å²) in [5, 5.41) is 0. The van der Waals surface area contributed by atoms with Crippen molar-refractivity contribution in [2.75, 3.05) is 0 Å². The van der Waals surface area contributed by atoms with E-state index >= 15 is 0 Å². The van der Waals surface area contributed by atoms with Crippen LogP contribution >= 0.6 is 0 Å². The van der Waals surface area contributed by atoms with Crippen LogP contribution in [0.5, 0.6) is 0 Å². The summed E-state index contributed by atoms with van der Waals surface area (Å²) in [7, 11) is 0. The highest BCUT2D eigenvalue weighted by molar-refractivity contribution is 5.30. The molecule has 0 radical (unpaired) electrons. The van der Waals surface area contributed by atoms with Gasteiger partial charge in [0.15, 0.2) is 0 Å². The Balaban J connectivity index is 2.29. The van der Waals surface area contributed by atoms with Crippen molar-refractivity contribution < 1.29 is 4.39 Å². The predicted octanol–water partition coefficient (Wildman–Crippen LogP) is 3.72. The van der Waals surface area contributed by atoms with Gasteiger partial charge in [-0.2, -0.15) is 0 Å². The molecule has 2 rings (SSSR count). The highest BCUT2D eigenvalue weighted by atomic mass is 19.1. The molecule has 76 valence electrons. The lowest BCUT2D eigenvalue weighted by molar-refractivity contribution is 0.605. The number of hydrogen-bond acceptors (Lipinski definition) is 0. The Morgan fingerprint density at radius 1 is 0.933 bits per heavy atom. The van der Waals surface area contributed by atoms with E-state index in [1.54, 1.807) is 13.0 Å². The summed E-state index contributed by atoms with van der Waals surface area (Å²) in [5.74, 6) is -0.0821. The Kier molecular flexibility index (Phi) is 2.82. The third-order valence-corrected chi connectivity index (χ3v) is 2.51. The molecule has 0 aliphatic rings. The maximum atomic E-state index is 13.7. The number of rotatable bonds is 2. The van der Waals surface area contributed by atoms with Crippen LogP contribution in [-0.2, 0) is 6.42 Å². The fraction of sp³-hybridized carbons (Fsp3) is 0.143. The molecule has 15 heavy (non-hydrogen) atoms. The van der Waals surface area contributed by atoms with Crippen LogP contribution < -0.4 is 0 Å². The molecule has 0 aliphatic carbocycles. The molecular weight excluding hydrogens is 187 g/mol. The zero-order valence-electron chi connectivity index (χ0n) is 8.70. The van der Waals surface area contributed by atoms with Crippen molar-refractivity contribution in [3.8, 4) is 0 Å². The van der Waals surface area contributed by atoms with Gasteiger partial charge in [-0.15, -0.1) is 0 Å². The average Bonchev–Trinajstić information content (AvgIpc) is 2.26. The quantitative estimate of drug-likeness (QED) is 0.693. The molecule has 0 unspecified atom stereocenters. The number of halogens is 1. The van der Waals surface area contributed by atoms with Crippen LogP contribution in [0.15, 0.2) is 48.5 Å². The lowest BCUT2D eigenvalue weighted by atomic mass is 10.0. The topological polar surface area (TPSA) is 0 Å². The van der Waals surface area contributed by atoms with Crippen LogP contribution in [0, 0.1) is 12.7 Å². The fourth-order valence-corrected chi connectivity index (χ4v) is 1.66. The fourth-order valence-electron chi connectivity index (χ4n) is 1.66. The van der Waals surface area contributed by atoms with Crippen LogP contribution in [0.1, 0.15) is 16.7 Å². The third kappa shape index (κ3) is 2.24. The van der Waals surface area contributed by atoms with Crippen LogP contribution in [0.4, 0.5) is 4.39 Å². The molecule has 0 heterocycles. The number of aryl methyl sites for hydroxylation is 1. The van der Waals surface area contributed by atoms with E-state index in [2.05, 4.69) is 0 Å². The largest absolute Gasteiger partial charge is 0.206 e. The third-order valence-electron chi connectivity index (χ3n) is 2.51. The monoisotopic (exact) mass is 200 g/mol. The van der Waals surface area contributed by atoms with Crippen molar-refractivity contribution in [3.05, 3.63) is 71.0 Å². The molecule has 0 saturated carbocycles. The van der Waals surface area contributed by atoms with E-state index in [0.717, 1.165) is 11.1 Å². The predicted molar refractivity (Wildman–Crippen MR) is 60.4 cm³/mol. The van der Waals surface area contributed by atoms with Crippen LogP contribution in [0.2, 0.25) is 0 Å². The lowest BCUT2D eigenvalue weighted by Gasteiger charge is -2.05. The lowest BCUT2D eigenvalue weighted by Crippen LogP contribution is -1.94. The standard InChI is InChI=1S/C14H13F/c1-11-6-5-9-13(14(11)15)10-12-7-3-2-4-8-12/h2-9H,10H2,1H3. The normalized spacial score (nSPS) is 10.3. The molecular formula is C14H13F. The summed E-state index contributed by atoms with van der Waals surface area (Å²) in [6, 6.07) is 15.5. The maximum Gasteiger partial charge on any atom is 0.129 e. The van der Waals surface area contributed by atoms with Crippen LogP contribution in [0.3, 0.4) is 0 Å². The van der Waals surface area contributed by atoms with E-state index in [-0.39, 0.29) is 5.82 Å². The maximum absolute atomic E-state index is 13.7. The first kappa shape index (κ1) is 9.91. The molecule has 0 fully saturated rings. The van der Waals surface area contributed by atoms with Crippen LogP contribution in [0.25, 0.3) is 0 Å². The summed E-state index contributed by atoms with van der Waals surface area (Å²) in [6.07, 6.45) is 0.661. The van der Waals surface area contributed by atoms with Crippen molar-refractivity contribution in [1.82, 2.24) is 0 Å². The molecule has 2 aromatic rings. The molecule has 2 aromatic carbocycles. The van der Waals surface area contributed by atoms with Gasteiger partial charge in [-0.1, -0.05) is 48.5 Å². The van der Waals surface area contributed by atoms with Crippen molar-refractivity contribution in [2.45, 2.75) is 13.3 Å². The van der Waals surface area contributed by atoms with E-state index in [0.29, 0.717) is 12.0 Å². The van der Waals surface area contributed by atoms with E-state index < -0.39 is 0 Å². The minimum atomic E-state index is -0.0821. The Labute approximate surface area is 89.4 Å². The molecule has 0 N–H and O–H groups in total. The van der Waals surface area contributed by atoms with Gasteiger partial charge in [0.05, 0.1) is 0 Å². The molecule has 0 nitrogen and oxygen atoms in total. The minimum absolute atomic E-state index is 0.0821. The summed E-state index contributed by atoms with van der Waals surface area (Å²) >= 11 is 0. The first-order valence-electron chi connectivity index (χ1n) is 5.05. The van der Waals surface area contributed by atoms with Crippen molar-refractivity contribution >= 4 is 0 Å². The SMILES string of the molecule is Cc1cccc(Cc2ccccc2)c1F. The smallest absolute Gasteiger partial charge is 0.129 e. The summed E-state index contributed by atoms with van der Waals surface area (Å²) in [6.45, 7) is 1.80. The van der Waals surface area contributed by atoms with E-state index in [1.165, 1.54) is 0 Å². The van der Waals surface area contributed by atoms with Gasteiger partial charge in [-0.25, -0.2) is 4.39 Å². The number of hydrogen-bond donors (Lipinski definition) is 0. The summed E-state index contributed by atoms with van der Waals surface area (Å²) in [4.78, 5) is 0. The molecule has 0 atom stereocenters. The van der Waals surface area contributed by atoms with Gasteiger partial charge in [-0.3, -0.25) is 0 Å². The molecule has 1 heteroatoms. The molecule has 0 aromatic heterocycles. The average molecular weight is 200 g/mol. The van der Waals surface area contributed by atoms with Gasteiger partial charge in [0, 0.05) is 6.42 Å². The highest BCUT2D eigenvalue weighted by Crippen LogP contribution is 2.15. The molecule has 0 bridgehead atoms. The number of benzene rings is 2. The first-order valence-corrected chi connectivity index (χ1v) is 5.05. The first-order chi connectivity index (χ1) is 7.27. The highest BCUT2D eigenvalue weighted by Gasteiger charge is 2.04. The van der Waals surface area contributed by atoms with Gasteiger partial charge >= 0.3 is 0 Å². The Bertz CT molecular complexity index is 446. The minimum Gasteiger partial charge on any atom is -0.206 e. The van der Waals surface area contributed by atoms with Gasteiger partial charge in [0.2, 0.25) is 0 Å². The summed E-state index contributed by atoms with van der Waals surface area (Å²) < 4.78 is 13.7. The van der Waals surface area contributed by atoms with Crippen molar-refractivity contribution in [3.63, 3.8) is 0 Å². The molecule has 0 amide bonds. The van der Waals surface area contributed by atoms with Crippen LogP contribution in [-0.4, -0.2) is 0 Å². The second-order valence-electron chi connectivity index (χ2n) is 3.71. The van der Waals surface area contributed by atoms with Gasteiger partial charge in [0.1, 0.15) is 5.82 Å². The Morgan fingerprint density at radius 2 is 1.67 bits per heavy atom. The van der Waals surface area contributed by atoms with E-state index in [4.69, 9.17) is 0 Å². The van der Waals surface area contributed by atoms with E-state index in [1.807, 2.05) is 42.5 Å². The zero-order valence-corrected chi connectivity index (χ0v) is 8.70. The Morgan fingerprint density at radius 3 is 2.40 bits per heavy atom. The van der Waals surface area contributed by atoms with E-state index in [9.17, 15) is 4.39 Å². The molecule has 0 spiro atoms. The second-order valence-corrected chi connectivity index (χ2v) is 3.71. The van der Waals surface area contributed by atoms with Gasteiger partial charge in [-0.05, 0) is 23.6 Å². The van der Waals surface area contributed by atoms with Crippen molar-refractivity contribution in [2.24, 2.45) is 0 Å². The zero-order chi connectivity index (χ0) is 10.7. The molecule has 0 aliphatic heterocycles. The van der Waals surface area contributed by atoms with Gasteiger partial charge < -0.3 is 0 Å². The summed E-state index contributed by atoms with van der Waals surface area (Å²) in [5.41, 5.74) is 2.62. The molecule has 0 saturated heterocycles. The van der Waals surface area contributed by atoms with Gasteiger partial charge in [0.25, 0.3) is 0 Å². The Hall–Kier alpha value is -1.63. The second kappa shape index (κ2) is 4.26.